The summed E-state index contributed by atoms with van der Waals surface area (Å²) in [6.07, 6.45) is 11.4. The zero-order valence-electron chi connectivity index (χ0n) is 62.9. The van der Waals surface area contributed by atoms with Gasteiger partial charge in [0.15, 0.2) is 0 Å². The maximum Gasteiger partial charge on any atom is 0.341 e. The summed E-state index contributed by atoms with van der Waals surface area (Å²) in [6, 6.07) is 52.7. The van der Waals surface area contributed by atoms with Crippen LogP contribution in [0.2, 0.25) is 0 Å². The molecule has 5 aromatic carbocycles. The molecule has 556 valence electrons. The number of benzene rings is 5. The molecular formula is C86H79N17O8. The normalized spacial score (nSPS) is 12.5. The molecule has 111 heavy (non-hydrogen) atoms. The highest BCUT2D eigenvalue weighted by molar-refractivity contribution is 6.00. The molecule has 9 heterocycles. The predicted octanol–water partition coefficient (Wildman–Crippen LogP) is 15.6. The number of nitrogens with zero attached hydrogens (tertiary/aromatic N) is 14. The van der Waals surface area contributed by atoms with Gasteiger partial charge in [0.05, 0.1) is 55.1 Å². The van der Waals surface area contributed by atoms with Crippen molar-refractivity contribution in [3.8, 4) is 56.5 Å². The van der Waals surface area contributed by atoms with Crippen molar-refractivity contribution in [2.45, 2.75) is 85.5 Å². The highest BCUT2D eigenvalue weighted by atomic mass is 16.5. The zero-order valence-corrected chi connectivity index (χ0v) is 62.9. The van der Waals surface area contributed by atoms with Gasteiger partial charge in [0.25, 0.3) is 22.6 Å². The molecule has 3 atom stereocenters. The van der Waals surface area contributed by atoms with Gasteiger partial charge in [0.2, 0.25) is 17.4 Å². The van der Waals surface area contributed by atoms with Gasteiger partial charge in [-0.2, -0.15) is 0 Å². The summed E-state index contributed by atoms with van der Waals surface area (Å²) in [5, 5.41) is 23.9. The third kappa shape index (κ3) is 16.0. The Labute approximate surface area is 638 Å². The number of carbonyl (C=O) groups excluding carboxylic acids is 1. The lowest BCUT2D eigenvalue weighted by Gasteiger charge is -2.23. The van der Waals surface area contributed by atoms with Crippen LogP contribution in [0.5, 0.6) is 11.8 Å². The van der Waals surface area contributed by atoms with Crippen molar-refractivity contribution < 1.29 is 24.2 Å². The fourth-order valence-electron chi connectivity index (χ4n) is 13.5. The molecule has 0 radical (unpaired) electrons. The average Bonchev–Trinajstić information content (AvgIpc) is 1.74. The van der Waals surface area contributed by atoms with Crippen molar-refractivity contribution in [1.82, 2.24) is 63.5 Å². The number of carbonyl (C=O) groups is 2. The van der Waals surface area contributed by atoms with E-state index in [-0.39, 0.29) is 52.1 Å². The first kappa shape index (κ1) is 75.1. The van der Waals surface area contributed by atoms with Crippen LogP contribution >= 0.6 is 0 Å². The highest BCUT2D eigenvalue weighted by Gasteiger charge is 2.31. The molecule has 0 spiro atoms. The van der Waals surface area contributed by atoms with E-state index in [1.165, 1.54) is 23.5 Å². The number of methoxy groups -OCH3 is 2. The predicted molar refractivity (Wildman–Crippen MR) is 431 cm³/mol. The molecule has 0 unspecified atom stereocenters. The van der Waals surface area contributed by atoms with E-state index < -0.39 is 12.0 Å². The first-order valence-electron chi connectivity index (χ1n) is 35.8. The first-order valence-corrected chi connectivity index (χ1v) is 35.8. The molecule has 1 aliphatic carbocycles. The van der Waals surface area contributed by atoms with Crippen molar-refractivity contribution >= 4 is 67.3 Å². The summed E-state index contributed by atoms with van der Waals surface area (Å²) in [5.74, 6) is 2.26. The SMILES string of the molecule is COc1cc(-c2cccc3cc([C@H](C)Nc4nc(C)ncc4C(=O)O)n(-c4ccccc4)c(=O)c23)ccn1.Cc1cc(-c2cccc3cc([C@H](C)Nc4nc(C)ncc4C(=O)N(C)C)n(-c4ccccc4)c(=O)c23)ccn1.[C-]#[N+]c1cnc(C)nc1N[C@@H](C)c1cc2cccc(-c3ccc(OC)nc3)c2c(=O)n1C1CC1. The molecule has 4 N–H and O–H groups in total. The van der Waals surface area contributed by atoms with E-state index in [9.17, 15) is 29.1 Å². The van der Waals surface area contributed by atoms with Gasteiger partial charge in [0.1, 0.15) is 46.1 Å². The number of carboxylic acids is 1. The van der Waals surface area contributed by atoms with E-state index in [1.54, 1.807) is 88.9 Å². The van der Waals surface area contributed by atoms with Crippen LogP contribution in [0, 0.1) is 34.3 Å². The molecule has 25 heteroatoms. The monoisotopic (exact) mass is 1480 g/mol. The minimum absolute atomic E-state index is 0.0145. The number of hydrogen-bond donors (Lipinski definition) is 4. The van der Waals surface area contributed by atoms with Crippen LogP contribution in [0.3, 0.4) is 0 Å². The second kappa shape index (κ2) is 32.5. The number of aromatic nitrogens is 12. The second-order valence-corrected chi connectivity index (χ2v) is 27.0. The molecule has 9 aromatic heterocycles. The topological polar surface area (TPSA) is 299 Å². The van der Waals surface area contributed by atoms with Crippen LogP contribution in [0.25, 0.3) is 81.9 Å². The van der Waals surface area contributed by atoms with Crippen LogP contribution in [0.1, 0.15) is 119 Å². The van der Waals surface area contributed by atoms with Crippen LogP contribution in [0.4, 0.5) is 23.1 Å². The van der Waals surface area contributed by atoms with Crippen LogP contribution in [-0.2, 0) is 0 Å². The van der Waals surface area contributed by atoms with Crippen molar-refractivity contribution in [2.24, 2.45) is 0 Å². The Balaban J connectivity index is 0.000000146. The Hall–Kier alpha value is -14.2. The number of fused-ring (bicyclic) bond motifs is 3. The van der Waals surface area contributed by atoms with Crippen LogP contribution in [0.15, 0.2) is 221 Å². The van der Waals surface area contributed by atoms with Gasteiger partial charge in [-0.25, -0.2) is 44.5 Å². The van der Waals surface area contributed by atoms with Gasteiger partial charge < -0.3 is 40.0 Å². The molecule has 1 amide bonds. The molecule has 14 aromatic rings. The quantitative estimate of drug-likeness (QED) is 0.0547. The number of amides is 1. The van der Waals surface area contributed by atoms with Crippen molar-refractivity contribution in [2.75, 3.05) is 44.3 Å². The Kier molecular flexibility index (Phi) is 22.0. The molecule has 0 bridgehead atoms. The fourth-order valence-corrected chi connectivity index (χ4v) is 13.5. The van der Waals surface area contributed by atoms with Crippen molar-refractivity contribution in [3.63, 3.8) is 0 Å². The number of aromatic carboxylic acids is 1. The van der Waals surface area contributed by atoms with E-state index in [1.807, 2.05) is 184 Å². The third-order valence-electron chi connectivity index (χ3n) is 19.0. The van der Waals surface area contributed by atoms with Gasteiger partial charge in [-0.15, -0.1) is 0 Å². The lowest BCUT2D eigenvalue weighted by molar-refractivity contribution is 0.0696. The number of aryl methyl sites for hydroxylation is 4. The number of nitrogens with one attached hydrogen (secondary N) is 3. The molecule has 25 nitrogen and oxygen atoms in total. The Morgan fingerprint density at radius 1 is 0.495 bits per heavy atom. The lowest BCUT2D eigenvalue weighted by Crippen LogP contribution is -2.27. The summed E-state index contributed by atoms with van der Waals surface area (Å²) < 4.78 is 15.8. The molecule has 1 saturated carbocycles. The number of ether oxygens (including phenoxy) is 2. The largest absolute Gasteiger partial charge is 0.481 e. The second-order valence-electron chi connectivity index (χ2n) is 27.0. The summed E-state index contributed by atoms with van der Waals surface area (Å²) in [6.45, 7) is 20.4. The average molecular weight is 1480 g/mol. The maximum atomic E-state index is 14.3. The molecule has 15 rings (SSSR count). The standard InChI is InChI=1S/C31H30N6O2.C29H25N5O4.C26H24N6O2/c1-19-16-22(14-15-32-19)25-13-9-10-23-17-27(37(31(39)28(23)25)24-11-7-6-8-12-24)20(2)34-29-26(30(38)36(4)5)18-33-21(3)35-29;1-17(32-27-23(29(36)37)16-31-18(2)33-27)24-14-20-8-7-11-22(19-12-13-30-25(15-19)38-3)26(20)28(35)34(24)21-9-5-4-6-10-21;1-15(30-25-21(27-3)14-28-16(2)31-25)22-12-17-6-5-7-20(18-8-11-23(34-4)29-13-18)24(17)26(33)32(22)19-9-10-19/h6-18,20H,1-5H3,(H,33,34,35);4-17H,1-3H3,(H,36,37)(H,31,32,33);5-8,11-15,19H,9-10H2,1-2,4H3,(H,28,30,31)/t20-;17-;15-/m000/s1. The highest BCUT2D eigenvalue weighted by Crippen LogP contribution is 2.40. The smallest absolute Gasteiger partial charge is 0.341 e. The number of pyridine rings is 6. The summed E-state index contributed by atoms with van der Waals surface area (Å²) in [4.78, 5) is 111. The fraction of sp³-hybridized carbons (Fsp3) is 0.198. The maximum absolute atomic E-state index is 14.3. The van der Waals surface area contributed by atoms with Crippen molar-refractivity contribution in [3.05, 3.63) is 301 Å². The van der Waals surface area contributed by atoms with Gasteiger partial charge in [-0.3, -0.25) is 38.3 Å². The number of carboxylic acid groups (broad SMARTS) is 1. The van der Waals surface area contributed by atoms with Gasteiger partial charge in [-0.05, 0) is 172 Å². The first-order chi connectivity index (χ1) is 53.6. The van der Waals surface area contributed by atoms with Crippen LogP contribution < -0.4 is 42.1 Å². The summed E-state index contributed by atoms with van der Waals surface area (Å²) in [7, 11) is 6.50. The number of para-hydroxylation sites is 2. The Bertz CT molecular complexity index is 6120. The molecular weight excluding hydrogens is 1400 g/mol. The minimum atomic E-state index is -1.14. The Morgan fingerprint density at radius 2 is 0.955 bits per heavy atom. The van der Waals surface area contributed by atoms with Gasteiger partial charge in [0, 0.05) is 109 Å². The van der Waals surface area contributed by atoms with E-state index in [2.05, 4.69) is 71.7 Å². The minimum Gasteiger partial charge on any atom is -0.481 e. The van der Waals surface area contributed by atoms with Crippen molar-refractivity contribution in [1.29, 1.82) is 0 Å². The van der Waals surface area contributed by atoms with Crippen LogP contribution in [-0.4, -0.2) is 109 Å². The number of hydrogen-bond acceptors (Lipinski definition) is 19. The number of rotatable bonds is 19. The molecule has 1 aliphatic rings. The van der Waals surface area contributed by atoms with E-state index >= 15 is 0 Å². The third-order valence-corrected chi connectivity index (χ3v) is 19.0. The van der Waals surface area contributed by atoms with Gasteiger partial charge in [-0.1, -0.05) is 91.0 Å². The van der Waals surface area contributed by atoms with E-state index in [0.717, 1.165) is 85.2 Å². The molecule has 0 aliphatic heterocycles. The zero-order chi connectivity index (χ0) is 78.3. The molecule has 0 saturated heterocycles. The molecule has 1 fully saturated rings. The number of anilines is 3. The van der Waals surface area contributed by atoms with E-state index in [4.69, 9.17) is 16.0 Å². The Morgan fingerprint density at radius 3 is 1.44 bits per heavy atom. The lowest BCUT2D eigenvalue weighted by atomic mass is 9.98. The summed E-state index contributed by atoms with van der Waals surface area (Å²) >= 11 is 0. The summed E-state index contributed by atoms with van der Waals surface area (Å²) in [5.41, 5.74) is 9.94. The van der Waals surface area contributed by atoms with E-state index in [0.29, 0.717) is 79.7 Å². The van der Waals surface area contributed by atoms with Gasteiger partial charge >= 0.3 is 5.97 Å².